The standard InChI is InChI=1S/C27H33N5O2/c1-17-7-9-20(10-8-17)27(34)32-24-15-22-23(16-28-24)31-25(30-22)18-11-13-21(14-12-18)29-26(33)19-5-3-2-4-6-19/h11-17,19-20H,2-10H2,1H3,(H,29,33)(H,30,31)(H,28,32,34). The number of benzene rings is 1. The summed E-state index contributed by atoms with van der Waals surface area (Å²) in [4.78, 5) is 37.5. The average Bonchev–Trinajstić information content (AvgIpc) is 3.29. The van der Waals surface area contributed by atoms with E-state index in [4.69, 9.17) is 4.98 Å². The number of anilines is 2. The third-order valence-electron chi connectivity index (χ3n) is 7.41. The molecule has 178 valence electrons. The Labute approximate surface area is 200 Å². The highest BCUT2D eigenvalue weighted by Gasteiger charge is 2.25. The Hall–Kier alpha value is -3.22. The number of nitrogens with one attached hydrogen (secondary N) is 3. The van der Waals surface area contributed by atoms with Gasteiger partial charge in [0.05, 0.1) is 17.2 Å². The third-order valence-corrected chi connectivity index (χ3v) is 7.41. The van der Waals surface area contributed by atoms with Gasteiger partial charge >= 0.3 is 0 Å². The SMILES string of the molecule is CC1CCC(C(=O)Nc2cc3nc(-c4ccc(NC(=O)C5CCCCC5)cc4)[nH]c3cn2)CC1. The summed E-state index contributed by atoms with van der Waals surface area (Å²) in [6, 6.07) is 9.55. The molecule has 7 heteroatoms. The first-order valence-corrected chi connectivity index (χ1v) is 12.6. The summed E-state index contributed by atoms with van der Waals surface area (Å²) >= 11 is 0. The highest BCUT2D eigenvalue weighted by molar-refractivity contribution is 5.94. The fourth-order valence-corrected chi connectivity index (χ4v) is 5.19. The first-order chi connectivity index (χ1) is 16.5. The van der Waals surface area contributed by atoms with E-state index in [1.54, 1.807) is 6.20 Å². The van der Waals surface area contributed by atoms with Gasteiger partial charge in [-0.05, 0) is 68.7 Å². The van der Waals surface area contributed by atoms with Crippen molar-refractivity contribution in [3.63, 3.8) is 0 Å². The first-order valence-electron chi connectivity index (χ1n) is 12.6. The number of carbonyl (C=O) groups is 2. The van der Waals surface area contributed by atoms with Crippen LogP contribution in [-0.4, -0.2) is 26.8 Å². The Bertz CT molecular complexity index is 1160. The van der Waals surface area contributed by atoms with Crippen LogP contribution in [-0.2, 0) is 9.59 Å². The lowest BCUT2D eigenvalue weighted by atomic mass is 9.82. The van der Waals surface area contributed by atoms with Crippen molar-refractivity contribution in [3.8, 4) is 11.4 Å². The minimum Gasteiger partial charge on any atom is -0.337 e. The minimum atomic E-state index is 0.0559. The van der Waals surface area contributed by atoms with E-state index in [9.17, 15) is 9.59 Å². The van der Waals surface area contributed by atoms with Gasteiger partial charge in [-0.1, -0.05) is 26.2 Å². The van der Waals surface area contributed by atoms with Crippen LogP contribution < -0.4 is 10.6 Å². The van der Waals surface area contributed by atoms with Crippen LogP contribution in [0.1, 0.15) is 64.7 Å². The number of imidazole rings is 1. The highest BCUT2D eigenvalue weighted by Crippen LogP contribution is 2.30. The number of hydrogen-bond acceptors (Lipinski definition) is 4. The molecule has 5 rings (SSSR count). The largest absolute Gasteiger partial charge is 0.337 e. The predicted molar refractivity (Wildman–Crippen MR) is 134 cm³/mol. The molecule has 0 saturated heterocycles. The lowest BCUT2D eigenvalue weighted by molar-refractivity contribution is -0.121. The molecule has 1 aromatic carbocycles. The summed E-state index contributed by atoms with van der Waals surface area (Å²) in [5.41, 5.74) is 3.30. The van der Waals surface area contributed by atoms with Gasteiger partial charge in [0.15, 0.2) is 0 Å². The van der Waals surface area contributed by atoms with Gasteiger partial charge in [-0.25, -0.2) is 9.97 Å². The number of rotatable bonds is 5. The van der Waals surface area contributed by atoms with Crippen molar-refractivity contribution in [2.45, 2.75) is 64.7 Å². The van der Waals surface area contributed by atoms with Crippen LogP contribution in [0.2, 0.25) is 0 Å². The van der Waals surface area contributed by atoms with Crippen LogP contribution in [0.5, 0.6) is 0 Å². The fraction of sp³-hybridized carbons (Fsp3) is 0.481. The van der Waals surface area contributed by atoms with Crippen LogP contribution in [0.4, 0.5) is 11.5 Å². The van der Waals surface area contributed by atoms with Gasteiger partial charge in [0.25, 0.3) is 0 Å². The maximum absolute atomic E-state index is 12.6. The highest BCUT2D eigenvalue weighted by atomic mass is 16.2. The molecular formula is C27H33N5O2. The molecule has 0 aliphatic heterocycles. The molecule has 7 nitrogen and oxygen atoms in total. The van der Waals surface area contributed by atoms with E-state index in [1.165, 1.54) is 6.42 Å². The smallest absolute Gasteiger partial charge is 0.228 e. The number of hydrogen-bond donors (Lipinski definition) is 3. The van der Waals surface area contributed by atoms with Crippen molar-refractivity contribution >= 4 is 34.4 Å². The second-order valence-corrected chi connectivity index (χ2v) is 10.0. The summed E-state index contributed by atoms with van der Waals surface area (Å²) in [5, 5.41) is 6.03. The van der Waals surface area contributed by atoms with Crippen molar-refractivity contribution in [1.29, 1.82) is 0 Å². The number of fused-ring (bicyclic) bond motifs is 1. The molecule has 0 spiro atoms. The van der Waals surface area contributed by atoms with Crippen molar-refractivity contribution in [3.05, 3.63) is 36.5 Å². The number of aromatic nitrogens is 3. The molecule has 2 aromatic heterocycles. The molecule has 0 radical (unpaired) electrons. The number of aromatic amines is 1. The zero-order valence-corrected chi connectivity index (χ0v) is 19.8. The second-order valence-electron chi connectivity index (χ2n) is 10.0. The van der Waals surface area contributed by atoms with Crippen molar-refractivity contribution < 1.29 is 9.59 Å². The number of nitrogens with zero attached hydrogens (tertiary/aromatic N) is 2. The normalized spacial score (nSPS) is 21.3. The van der Waals surface area contributed by atoms with Gasteiger partial charge in [-0.2, -0.15) is 0 Å². The molecule has 34 heavy (non-hydrogen) atoms. The second kappa shape index (κ2) is 9.95. The Kier molecular flexibility index (Phi) is 6.61. The number of carbonyl (C=O) groups excluding carboxylic acids is 2. The van der Waals surface area contributed by atoms with Crippen LogP contribution in [0.15, 0.2) is 36.5 Å². The monoisotopic (exact) mass is 459 g/mol. The van der Waals surface area contributed by atoms with E-state index in [1.807, 2.05) is 30.3 Å². The number of pyridine rings is 1. The molecule has 3 aromatic rings. The molecule has 2 aliphatic carbocycles. The molecule has 2 heterocycles. The van der Waals surface area contributed by atoms with Crippen molar-refractivity contribution in [2.24, 2.45) is 17.8 Å². The quantitative estimate of drug-likeness (QED) is 0.442. The van der Waals surface area contributed by atoms with Crippen LogP contribution in [0.3, 0.4) is 0 Å². The van der Waals surface area contributed by atoms with Crippen LogP contribution in [0, 0.1) is 17.8 Å². The topological polar surface area (TPSA) is 99.8 Å². The minimum absolute atomic E-state index is 0.0559. The molecule has 0 unspecified atom stereocenters. The van der Waals surface area contributed by atoms with Gasteiger partial charge in [-0.15, -0.1) is 0 Å². The Morgan fingerprint density at radius 1 is 0.882 bits per heavy atom. The van der Waals surface area contributed by atoms with E-state index in [-0.39, 0.29) is 23.7 Å². The van der Waals surface area contributed by atoms with E-state index in [0.717, 1.165) is 79.5 Å². The molecule has 2 saturated carbocycles. The lowest BCUT2D eigenvalue weighted by Crippen LogP contribution is -2.26. The Balaban J connectivity index is 1.24. The summed E-state index contributed by atoms with van der Waals surface area (Å²) in [6.45, 7) is 2.25. The first kappa shape index (κ1) is 22.6. The van der Waals surface area contributed by atoms with E-state index in [0.29, 0.717) is 11.7 Å². The van der Waals surface area contributed by atoms with Crippen LogP contribution >= 0.6 is 0 Å². The molecule has 3 N–H and O–H groups in total. The Morgan fingerprint density at radius 3 is 2.29 bits per heavy atom. The average molecular weight is 460 g/mol. The predicted octanol–water partition coefficient (Wildman–Crippen LogP) is 5.91. The third kappa shape index (κ3) is 5.13. The van der Waals surface area contributed by atoms with Crippen molar-refractivity contribution in [2.75, 3.05) is 10.6 Å². The number of H-pyrrole nitrogens is 1. The summed E-state index contributed by atoms with van der Waals surface area (Å²) < 4.78 is 0. The van der Waals surface area contributed by atoms with E-state index in [2.05, 4.69) is 27.5 Å². The maximum atomic E-state index is 12.6. The fourth-order valence-electron chi connectivity index (χ4n) is 5.19. The van der Waals surface area contributed by atoms with Gasteiger partial charge in [0, 0.05) is 29.2 Å². The molecule has 2 aliphatic rings. The van der Waals surface area contributed by atoms with Crippen LogP contribution in [0.25, 0.3) is 22.4 Å². The lowest BCUT2D eigenvalue weighted by Gasteiger charge is -2.25. The molecule has 0 atom stereocenters. The van der Waals surface area contributed by atoms with Gasteiger partial charge < -0.3 is 15.6 Å². The molecule has 0 bridgehead atoms. The molecular weight excluding hydrogens is 426 g/mol. The summed E-state index contributed by atoms with van der Waals surface area (Å²) in [7, 11) is 0. The van der Waals surface area contributed by atoms with Crippen molar-refractivity contribution in [1.82, 2.24) is 15.0 Å². The maximum Gasteiger partial charge on any atom is 0.228 e. The Morgan fingerprint density at radius 2 is 1.56 bits per heavy atom. The van der Waals surface area contributed by atoms with Gasteiger partial charge in [0.2, 0.25) is 11.8 Å². The van der Waals surface area contributed by atoms with Gasteiger partial charge in [-0.3, -0.25) is 9.59 Å². The molecule has 2 fully saturated rings. The molecule has 2 amide bonds. The van der Waals surface area contributed by atoms with E-state index >= 15 is 0 Å². The summed E-state index contributed by atoms with van der Waals surface area (Å²) in [6.07, 6.45) is 11.3. The van der Waals surface area contributed by atoms with Gasteiger partial charge in [0.1, 0.15) is 11.6 Å². The zero-order valence-electron chi connectivity index (χ0n) is 19.8. The summed E-state index contributed by atoms with van der Waals surface area (Å²) in [5.74, 6) is 2.36. The zero-order chi connectivity index (χ0) is 23.5. The number of amides is 2. The van der Waals surface area contributed by atoms with E-state index < -0.39 is 0 Å².